The monoisotopic (exact) mass is 301 g/mol. The lowest BCUT2D eigenvalue weighted by molar-refractivity contribution is 0.190. The Labute approximate surface area is 120 Å². The van der Waals surface area contributed by atoms with Gasteiger partial charge in [0.2, 0.25) is 10.0 Å². The van der Waals surface area contributed by atoms with Gasteiger partial charge in [-0.2, -0.15) is 9.40 Å². The molecule has 2 rings (SSSR count). The Morgan fingerprint density at radius 3 is 2.90 bits per heavy atom. The van der Waals surface area contributed by atoms with Crippen LogP contribution in [0.2, 0.25) is 0 Å². The number of aromatic nitrogens is 2. The van der Waals surface area contributed by atoms with Crippen molar-refractivity contribution in [2.24, 2.45) is 5.73 Å². The van der Waals surface area contributed by atoms with Crippen LogP contribution in [0.4, 0.5) is 0 Å². The third-order valence-electron chi connectivity index (χ3n) is 3.70. The zero-order chi connectivity index (χ0) is 14.8. The van der Waals surface area contributed by atoms with E-state index in [9.17, 15) is 8.42 Å². The van der Waals surface area contributed by atoms with Crippen molar-refractivity contribution in [1.29, 1.82) is 0 Å². The van der Waals surface area contributed by atoms with Crippen LogP contribution in [-0.2, 0) is 16.6 Å². The quantitative estimate of drug-likeness (QED) is 0.797. The normalized spacial score (nSPS) is 21.5. The van der Waals surface area contributed by atoms with Gasteiger partial charge < -0.3 is 10.6 Å². The van der Waals surface area contributed by atoms with Crippen LogP contribution in [0, 0.1) is 0 Å². The van der Waals surface area contributed by atoms with Crippen LogP contribution in [0.1, 0.15) is 12.8 Å². The van der Waals surface area contributed by atoms with Crippen LogP contribution in [0.25, 0.3) is 0 Å². The van der Waals surface area contributed by atoms with E-state index in [1.165, 1.54) is 6.20 Å². The number of piperidine rings is 1. The fourth-order valence-corrected chi connectivity index (χ4v) is 3.91. The van der Waals surface area contributed by atoms with Crippen LogP contribution in [0.5, 0.6) is 0 Å². The van der Waals surface area contributed by atoms with Gasteiger partial charge in [0.15, 0.2) is 0 Å². The molecule has 0 bridgehead atoms. The van der Waals surface area contributed by atoms with E-state index in [-0.39, 0.29) is 10.9 Å². The molecule has 0 aromatic carbocycles. The van der Waals surface area contributed by atoms with Crippen molar-refractivity contribution in [1.82, 2.24) is 19.0 Å². The molecule has 0 spiro atoms. The van der Waals surface area contributed by atoms with Gasteiger partial charge in [-0.1, -0.05) is 0 Å². The third kappa shape index (κ3) is 3.20. The van der Waals surface area contributed by atoms with Crippen molar-refractivity contribution in [3.05, 3.63) is 12.4 Å². The molecule has 0 amide bonds. The second kappa shape index (κ2) is 6.21. The lowest BCUT2D eigenvalue weighted by atomic mass is 10.1. The number of hydrogen-bond donors (Lipinski definition) is 1. The van der Waals surface area contributed by atoms with Crippen molar-refractivity contribution in [3.8, 4) is 0 Å². The first-order valence-electron chi connectivity index (χ1n) is 6.84. The summed E-state index contributed by atoms with van der Waals surface area (Å²) in [6.45, 7) is 2.08. The van der Waals surface area contributed by atoms with E-state index < -0.39 is 10.0 Å². The molecule has 1 aromatic rings. The molecule has 2 N–H and O–H groups in total. The molecule has 20 heavy (non-hydrogen) atoms. The van der Waals surface area contributed by atoms with E-state index in [1.54, 1.807) is 15.2 Å². The summed E-state index contributed by atoms with van der Waals surface area (Å²) in [5.41, 5.74) is 5.45. The molecule has 1 saturated heterocycles. The summed E-state index contributed by atoms with van der Waals surface area (Å²) in [4.78, 5) is 2.34. The molecule has 1 aliphatic heterocycles. The molecule has 0 radical (unpaired) electrons. The minimum Gasteiger partial charge on any atom is -0.329 e. The highest BCUT2D eigenvalue weighted by molar-refractivity contribution is 7.89. The Balaban J connectivity index is 2.16. The van der Waals surface area contributed by atoms with E-state index in [1.807, 2.05) is 14.1 Å². The molecule has 0 saturated carbocycles. The van der Waals surface area contributed by atoms with Crippen molar-refractivity contribution < 1.29 is 8.42 Å². The summed E-state index contributed by atoms with van der Waals surface area (Å²) in [6, 6.07) is 0.276. The Kier molecular flexibility index (Phi) is 4.79. The summed E-state index contributed by atoms with van der Waals surface area (Å²) < 4.78 is 28.3. The molecular weight excluding hydrogens is 278 g/mol. The van der Waals surface area contributed by atoms with Gasteiger partial charge in [-0.15, -0.1) is 0 Å². The topological polar surface area (TPSA) is 84.5 Å². The summed E-state index contributed by atoms with van der Waals surface area (Å²) in [7, 11) is 0.529. The number of sulfonamides is 1. The Morgan fingerprint density at radius 2 is 2.25 bits per heavy atom. The maximum atomic E-state index is 12.6. The second-order valence-electron chi connectivity index (χ2n) is 5.35. The molecule has 1 fully saturated rings. The first-order chi connectivity index (χ1) is 9.45. The lowest BCUT2D eigenvalue weighted by Gasteiger charge is -2.35. The maximum absolute atomic E-state index is 12.6. The molecule has 1 unspecified atom stereocenters. The molecule has 0 aliphatic carbocycles. The molecule has 2 heterocycles. The van der Waals surface area contributed by atoms with Crippen LogP contribution in [0.15, 0.2) is 17.3 Å². The van der Waals surface area contributed by atoms with E-state index in [4.69, 9.17) is 5.73 Å². The summed E-state index contributed by atoms with van der Waals surface area (Å²) in [6.07, 6.45) is 4.89. The standard InChI is InChI=1S/C12H23N5O2S/c1-15(2)11-4-3-6-17(9-11)20(18,19)12-8-14-16(10-12)7-5-13/h8,10-11H,3-7,9,13H2,1-2H3. The minimum absolute atomic E-state index is 0.255. The van der Waals surface area contributed by atoms with Crippen molar-refractivity contribution in [2.75, 3.05) is 33.7 Å². The van der Waals surface area contributed by atoms with Crippen molar-refractivity contribution in [3.63, 3.8) is 0 Å². The maximum Gasteiger partial charge on any atom is 0.246 e. The van der Waals surface area contributed by atoms with Crippen molar-refractivity contribution >= 4 is 10.0 Å². The molecule has 8 heteroatoms. The number of likely N-dealkylation sites (N-methyl/N-ethyl adjacent to an activating group) is 1. The third-order valence-corrected chi connectivity index (χ3v) is 5.51. The highest BCUT2D eigenvalue weighted by Crippen LogP contribution is 2.21. The Hall–Kier alpha value is -0.960. The van der Waals surface area contributed by atoms with E-state index >= 15 is 0 Å². The molecule has 1 aromatic heterocycles. The van der Waals surface area contributed by atoms with Crippen LogP contribution in [-0.4, -0.2) is 67.2 Å². The predicted molar refractivity (Wildman–Crippen MR) is 76.7 cm³/mol. The lowest BCUT2D eigenvalue weighted by Crippen LogP contribution is -2.47. The fraction of sp³-hybridized carbons (Fsp3) is 0.750. The molecule has 114 valence electrons. The molecule has 7 nitrogen and oxygen atoms in total. The van der Waals surface area contributed by atoms with Crippen LogP contribution < -0.4 is 5.73 Å². The van der Waals surface area contributed by atoms with Gasteiger partial charge in [0.25, 0.3) is 0 Å². The van der Waals surface area contributed by atoms with Gasteiger partial charge in [0, 0.05) is 31.9 Å². The van der Waals surface area contributed by atoms with E-state index in [0.717, 1.165) is 12.8 Å². The van der Waals surface area contributed by atoms with Gasteiger partial charge in [0.1, 0.15) is 4.90 Å². The zero-order valence-corrected chi connectivity index (χ0v) is 12.9. The first kappa shape index (κ1) is 15.4. The SMILES string of the molecule is CN(C)C1CCCN(S(=O)(=O)c2cnn(CCN)c2)C1. The summed E-state index contributed by atoms with van der Waals surface area (Å²) in [5, 5.41) is 4.04. The number of nitrogens with two attached hydrogens (primary N) is 1. The Morgan fingerprint density at radius 1 is 1.50 bits per heavy atom. The second-order valence-corrected chi connectivity index (χ2v) is 7.29. The van der Waals surface area contributed by atoms with Gasteiger partial charge in [-0.3, -0.25) is 4.68 Å². The number of rotatable bonds is 5. The first-order valence-corrected chi connectivity index (χ1v) is 8.28. The smallest absolute Gasteiger partial charge is 0.246 e. The zero-order valence-electron chi connectivity index (χ0n) is 12.1. The molecular formula is C12H23N5O2S. The van der Waals surface area contributed by atoms with Crippen molar-refractivity contribution in [2.45, 2.75) is 30.3 Å². The predicted octanol–water partition coefficient (Wildman–Crippen LogP) is -0.443. The molecule has 1 atom stereocenters. The largest absolute Gasteiger partial charge is 0.329 e. The van der Waals surface area contributed by atoms with Gasteiger partial charge >= 0.3 is 0 Å². The average Bonchev–Trinajstić information content (AvgIpc) is 2.88. The average molecular weight is 301 g/mol. The summed E-state index contributed by atoms with van der Waals surface area (Å²) in [5.74, 6) is 0. The van der Waals surface area contributed by atoms with Gasteiger partial charge in [0.05, 0.1) is 12.7 Å². The van der Waals surface area contributed by atoms with E-state index in [0.29, 0.717) is 26.2 Å². The summed E-state index contributed by atoms with van der Waals surface area (Å²) >= 11 is 0. The Bertz CT molecular complexity index is 540. The molecule has 1 aliphatic rings. The van der Waals surface area contributed by atoms with Gasteiger partial charge in [-0.05, 0) is 26.9 Å². The van der Waals surface area contributed by atoms with Crippen LogP contribution in [0.3, 0.4) is 0 Å². The fourth-order valence-electron chi connectivity index (χ4n) is 2.44. The number of hydrogen-bond acceptors (Lipinski definition) is 5. The highest BCUT2D eigenvalue weighted by atomic mass is 32.2. The van der Waals surface area contributed by atoms with E-state index in [2.05, 4.69) is 10.00 Å². The van der Waals surface area contributed by atoms with Gasteiger partial charge in [-0.25, -0.2) is 8.42 Å². The number of nitrogens with zero attached hydrogens (tertiary/aromatic N) is 4. The highest BCUT2D eigenvalue weighted by Gasteiger charge is 2.31. The minimum atomic E-state index is -3.44. The van der Waals surface area contributed by atoms with Crippen LogP contribution >= 0.6 is 0 Å².